The summed E-state index contributed by atoms with van der Waals surface area (Å²) < 4.78 is 5.86. The minimum atomic E-state index is -0.529. The lowest BCUT2D eigenvalue weighted by atomic mass is 10.2. The number of hydrogen-bond acceptors (Lipinski definition) is 3. The van der Waals surface area contributed by atoms with Gasteiger partial charge < -0.3 is 4.74 Å². The normalized spacial score (nSPS) is 10.4. The number of aromatic nitrogens is 1. The summed E-state index contributed by atoms with van der Waals surface area (Å²) in [7, 11) is 0. The third kappa shape index (κ3) is 3.43. The van der Waals surface area contributed by atoms with Gasteiger partial charge in [0.05, 0.1) is 0 Å². The number of halogens is 1. The average molecular weight is 357 g/mol. The Bertz CT molecular complexity index is 806. The standard InChI is InChI=1S/C17H13BrN2O2/c18-16-14-9-5-4-8-13(14)10-15(19-16)20-17(21)22-11-12-6-2-1-3-7-12/h1-10H,11H2,(H,19,20,21). The molecule has 2 aromatic carbocycles. The van der Waals surface area contributed by atoms with Crippen LogP contribution in [0.25, 0.3) is 10.8 Å². The number of nitrogens with zero attached hydrogens (tertiary/aromatic N) is 1. The molecule has 5 heteroatoms. The van der Waals surface area contributed by atoms with Gasteiger partial charge in [0.15, 0.2) is 0 Å². The molecular weight excluding hydrogens is 344 g/mol. The van der Waals surface area contributed by atoms with Crippen molar-refractivity contribution in [3.05, 3.63) is 70.8 Å². The van der Waals surface area contributed by atoms with Crippen molar-refractivity contribution in [2.24, 2.45) is 0 Å². The van der Waals surface area contributed by atoms with Gasteiger partial charge >= 0.3 is 6.09 Å². The number of pyridine rings is 1. The van der Waals surface area contributed by atoms with Crippen LogP contribution in [0.1, 0.15) is 5.56 Å². The Morgan fingerprint density at radius 2 is 1.82 bits per heavy atom. The van der Waals surface area contributed by atoms with Gasteiger partial charge in [0.1, 0.15) is 17.0 Å². The number of fused-ring (bicyclic) bond motifs is 1. The van der Waals surface area contributed by atoms with Gasteiger partial charge in [-0.05, 0) is 32.9 Å². The molecule has 0 radical (unpaired) electrons. The molecule has 0 saturated carbocycles. The number of hydrogen-bond donors (Lipinski definition) is 1. The predicted molar refractivity (Wildman–Crippen MR) is 89.7 cm³/mol. The van der Waals surface area contributed by atoms with E-state index in [9.17, 15) is 4.79 Å². The molecule has 4 nitrogen and oxygen atoms in total. The molecule has 1 N–H and O–H groups in total. The van der Waals surface area contributed by atoms with Crippen molar-refractivity contribution in [1.82, 2.24) is 4.98 Å². The number of ether oxygens (including phenoxy) is 1. The lowest BCUT2D eigenvalue weighted by Crippen LogP contribution is -2.14. The van der Waals surface area contributed by atoms with E-state index in [-0.39, 0.29) is 6.61 Å². The van der Waals surface area contributed by atoms with Crippen LogP contribution in [-0.4, -0.2) is 11.1 Å². The maximum absolute atomic E-state index is 11.8. The Morgan fingerprint density at radius 3 is 2.64 bits per heavy atom. The lowest BCUT2D eigenvalue weighted by Gasteiger charge is -2.08. The van der Waals surface area contributed by atoms with Crippen LogP contribution in [-0.2, 0) is 11.3 Å². The van der Waals surface area contributed by atoms with Gasteiger partial charge in [0.2, 0.25) is 0 Å². The SMILES string of the molecule is O=C(Nc1cc2ccccc2c(Br)n1)OCc1ccccc1. The summed E-state index contributed by atoms with van der Waals surface area (Å²) in [6.07, 6.45) is -0.529. The van der Waals surface area contributed by atoms with Crippen molar-refractivity contribution in [3.8, 4) is 0 Å². The van der Waals surface area contributed by atoms with E-state index in [0.717, 1.165) is 16.3 Å². The van der Waals surface area contributed by atoms with Gasteiger partial charge in [-0.15, -0.1) is 0 Å². The Kier molecular flexibility index (Phi) is 4.34. The first-order chi connectivity index (χ1) is 10.7. The van der Waals surface area contributed by atoms with Crippen LogP contribution in [0.15, 0.2) is 65.3 Å². The molecule has 0 aliphatic carbocycles. The quantitative estimate of drug-likeness (QED) is 0.689. The number of benzene rings is 2. The first-order valence-electron chi connectivity index (χ1n) is 6.75. The third-order valence-electron chi connectivity index (χ3n) is 3.14. The van der Waals surface area contributed by atoms with Crippen molar-refractivity contribution in [3.63, 3.8) is 0 Å². The molecule has 0 unspecified atom stereocenters. The van der Waals surface area contributed by atoms with Crippen molar-refractivity contribution >= 4 is 38.6 Å². The van der Waals surface area contributed by atoms with Gasteiger partial charge in [-0.3, -0.25) is 5.32 Å². The second-order valence-electron chi connectivity index (χ2n) is 4.71. The van der Waals surface area contributed by atoms with Gasteiger partial charge in [-0.25, -0.2) is 9.78 Å². The lowest BCUT2D eigenvalue weighted by molar-refractivity contribution is 0.155. The van der Waals surface area contributed by atoms with E-state index >= 15 is 0 Å². The molecule has 0 aliphatic heterocycles. The van der Waals surface area contributed by atoms with Crippen molar-refractivity contribution in [1.29, 1.82) is 0 Å². The van der Waals surface area contributed by atoms with E-state index < -0.39 is 6.09 Å². The zero-order valence-electron chi connectivity index (χ0n) is 11.6. The Labute approximate surface area is 136 Å². The van der Waals surface area contributed by atoms with E-state index in [0.29, 0.717) is 10.4 Å². The number of rotatable bonds is 3. The van der Waals surface area contributed by atoms with Crippen LogP contribution < -0.4 is 5.32 Å². The average Bonchev–Trinajstić information content (AvgIpc) is 2.54. The zero-order chi connectivity index (χ0) is 15.4. The number of nitrogens with one attached hydrogen (secondary N) is 1. The molecule has 1 amide bonds. The van der Waals surface area contributed by atoms with Crippen LogP contribution >= 0.6 is 15.9 Å². The number of carbonyl (C=O) groups is 1. The second-order valence-corrected chi connectivity index (χ2v) is 5.46. The highest BCUT2D eigenvalue weighted by Crippen LogP contribution is 2.24. The molecule has 110 valence electrons. The highest BCUT2D eigenvalue weighted by molar-refractivity contribution is 9.10. The fourth-order valence-electron chi connectivity index (χ4n) is 2.08. The highest BCUT2D eigenvalue weighted by atomic mass is 79.9. The highest BCUT2D eigenvalue weighted by Gasteiger charge is 2.08. The van der Waals surface area contributed by atoms with E-state index in [2.05, 4.69) is 26.2 Å². The van der Waals surface area contributed by atoms with Crippen LogP contribution in [0.2, 0.25) is 0 Å². The molecule has 0 fully saturated rings. The molecule has 3 aromatic rings. The summed E-state index contributed by atoms with van der Waals surface area (Å²) in [6, 6.07) is 19.1. The molecule has 1 aromatic heterocycles. The van der Waals surface area contributed by atoms with Crippen LogP contribution in [0.4, 0.5) is 10.6 Å². The van der Waals surface area contributed by atoms with Gasteiger partial charge in [-0.2, -0.15) is 0 Å². The first-order valence-corrected chi connectivity index (χ1v) is 7.55. The van der Waals surface area contributed by atoms with Crippen molar-refractivity contribution < 1.29 is 9.53 Å². The van der Waals surface area contributed by atoms with Crippen molar-refractivity contribution in [2.75, 3.05) is 5.32 Å². The molecule has 1 heterocycles. The smallest absolute Gasteiger partial charge is 0.413 e. The van der Waals surface area contributed by atoms with E-state index in [4.69, 9.17) is 4.74 Å². The fraction of sp³-hybridized carbons (Fsp3) is 0.0588. The molecule has 22 heavy (non-hydrogen) atoms. The van der Waals surface area contributed by atoms with Crippen molar-refractivity contribution in [2.45, 2.75) is 6.61 Å². The fourth-order valence-corrected chi connectivity index (χ4v) is 2.64. The van der Waals surface area contributed by atoms with Gasteiger partial charge in [0, 0.05) is 5.39 Å². The largest absolute Gasteiger partial charge is 0.444 e. The topological polar surface area (TPSA) is 51.2 Å². The summed E-state index contributed by atoms with van der Waals surface area (Å²) in [4.78, 5) is 16.1. The first kappa shape index (κ1) is 14.5. The monoisotopic (exact) mass is 356 g/mol. The van der Waals surface area contributed by atoms with E-state index in [1.165, 1.54) is 0 Å². The van der Waals surface area contributed by atoms with Crippen LogP contribution in [0.5, 0.6) is 0 Å². The molecule has 0 spiro atoms. The number of carbonyl (C=O) groups excluding carboxylic acids is 1. The maximum atomic E-state index is 11.8. The summed E-state index contributed by atoms with van der Waals surface area (Å²) in [5.74, 6) is 0.448. The minimum absolute atomic E-state index is 0.224. The second kappa shape index (κ2) is 6.58. The van der Waals surface area contributed by atoms with Gasteiger partial charge in [0.25, 0.3) is 0 Å². The van der Waals surface area contributed by atoms with Crippen LogP contribution in [0.3, 0.4) is 0 Å². The maximum Gasteiger partial charge on any atom is 0.413 e. The Morgan fingerprint density at radius 1 is 1.09 bits per heavy atom. The molecule has 0 saturated heterocycles. The predicted octanol–water partition coefficient (Wildman–Crippen LogP) is 4.75. The summed E-state index contributed by atoms with van der Waals surface area (Å²) in [6.45, 7) is 0.224. The minimum Gasteiger partial charge on any atom is -0.444 e. The van der Waals surface area contributed by atoms with E-state index in [1.54, 1.807) is 0 Å². The van der Waals surface area contributed by atoms with Gasteiger partial charge in [-0.1, -0.05) is 54.6 Å². The van der Waals surface area contributed by atoms with Crippen LogP contribution in [0, 0.1) is 0 Å². The summed E-state index contributed by atoms with van der Waals surface area (Å²) in [5.41, 5.74) is 0.935. The summed E-state index contributed by atoms with van der Waals surface area (Å²) >= 11 is 3.41. The molecule has 0 aliphatic rings. The number of anilines is 1. The Hall–Kier alpha value is -2.40. The third-order valence-corrected chi connectivity index (χ3v) is 3.74. The summed E-state index contributed by atoms with van der Waals surface area (Å²) in [5, 5.41) is 4.62. The molecule has 3 rings (SSSR count). The molecular formula is C17H13BrN2O2. The Balaban J connectivity index is 1.69. The molecule has 0 bridgehead atoms. The molecule has 0 atom stereocenters. The zero-order valence-corrected chi connectivity index (χ0v) is 13.2. The number of amides is 1. The van der Waals surface area contributed by atoms with E-state index in [1.807, 2.05) is 60.7 Å².